The van der Waals surface area contributed by atoms with Gasteiger partial charge >= 0.3 is 11.9 Å². The monoisotopic (exact) mass is 364 g/mol. The number of ether oxygens (including phenoxy) is 4. The summed E-state index contributed by atoms with van der Waals surface area (Å²) in [5.74, 6) is -2.23. The van der Waals surface area contributed by atoms with Crippen molar-refractivity contribution in [3.05, 3.63) is 24.8 Å². The molecule has 0 aromatic rings. The first-order chi connectivity index (χ1) is 12.2. The lowest BCUT2D eigenvalue weighted by atomic mass is 9.54. The van der Waals surface area contributed by atoms with E-state index in [0.717, 1.165) is 0 Å². The minimum atomic E-state index is -1.20. The van der Waals surface area contributed by atoms with E-state index >= 15 is 0 Å². The largest absolute Gasteiger partial charge is 0.461 e. The van der Waals surface area contributed by atoms with Crippen molar-refractivity contribution in [3.63, 3.8) is 0 Å². The molecule has 4 rings (SSSR count). The molecular formula is C19H24O7. The van der Waals surface area contributed by atoms with E-state index < -0.39 is 53.4 Å². The van der Waals surface area contributed by atoms with Crippen molar-refractivity contribution in [1.82, 2.24) is 0 Å². The normalized spacial score (nSPS) is 49.0. The van der Waals surface area contributed by atoms with Crippen LogP contribution in [-0.2, 0) is 28.5 Å². The van der Waals surface area contributed by atoms with E-state index in [4.69, 9.17) is 18.9 Å². The van der Waals surface area contributed by atoms with Gasteiger partial charge in [0.2, 0.25) is 0 Å². The Kier molecular flexibility index (Phi) is 3.68. The zero-order valence-electron chi connectivity index (χ0n) is 15.1. The van der Waals surface area contributed by atoms with Crippen molar-refractivity contribution >= 4 is 11.9 Å². The third kappa shape index (κ3) is 2.05. The molecule has 26 heavy (non-hydrogen) atoms. The first kappa shape index (κ1) is 17.7. The van der Waals surface area contributed by atoms with E-state index in [1.54, 1.807) is 19.9 Å². The van der Waals surface area contributed by atoms with E-state index in [1.165, 1.54) is 0 Å². The average Bonchev–Trinajstić information content (AvgIpc) is 3.32. The summed E-state index contributed by atoms with van der Waals surface area (Å²) in [6.45, 7) is 13.5. The van der Waals surface area contributed by atoms with E-state index in [1.807, 2.05) is 6.92 Å². The van der Waals surface area contributed by atoms with E-state index in [-0.39, 0.29) is 24.1 Å². The Bertz CT molecular complexity index is 694. The zero-order valence-corrected chi connectivity index (χ0v) is 15.1. The summed E-state index contributed by atoms with van der Waals surface area (Å²) in [6.07, 6.45) is -1.53. The van der Waals surface area contributed by atoms with Crippen LogP contribution in [0.4, 0.5) is 0 Å². The highest BCUT2D eigenvalue weighted by molar-refractivity contribution is 5.91. The standard InChI is InChI=1S/C19H24O7/c1-6-18(5)13-11(24-15(20)8(2)3)10-9(4)16(21)25-12(10)14(18)26-17(22)19(13)7-23-19/h6,8,10-14,17,22H,1,4,7H2,2-3,5H3/t10-,11-,12-,13-,14+,17+,18-,19-/m1/s1. The summed E-state index contributed by atoms with van der Waals surface area (Å²) in [5.41, 5.74) is -1.45. The number of carbonyl (C=O) groups is 2. The van der Waals surface area contributed by atoms with Gasteiger partial charge in [-0.2, -0.15) is 0 Å². The average molecular weight is 364 g/mol. The third-order valence-electron chi connectivity index (χ3n) is 6.39. The number of epoxide rings is 1. The van der Waals surface area contributed by atoms with E-state index in [2.05, 4.69) is 13.2 Å². The highest BCUT2D eigenvalue weighted by Crippen LogP contribution is 2.63. The number of hydrogen-bond acceptors (Lipinski definition) is 7. The first-order valence-corrected chi connectivity index (χ1v) is 8.88. The van der Waals surface area contributed by atoms with Gasteiger partial charge in [0.15, 0.2) is 6.29 Å². The number of aliphatic hydroxyl groups is 1. The van der Waals surface area contributed by atoms with Crippen LogP contribution in [0.25, 0.3) is 0 Å². The van der Waals surface area contributed by atoms with Gasteiger partial charge in [-0.1, -0.05) is 33.4 Å². The second kappa shape index (κ2) is 5.41. The molecule has 4 aliphatic rings. The Morgan fingerprint density at radius 3 is 2.65 bits per heavy atom. The summed E-state index contributed by atoms with van der Waals surface area (Å²) >= 11 is 0. The molecule has 1 saturated carbocycles. The molecule has 0 aromatic heterocycles. The molecule has 1 spiro atoms. The van der Waals surface area contributed by atoms with Crippen molar-refractivity contribution in [2.75, 3.05) is 6.61 Å². The molecule has 4 fully saturated rings. The SMILES string of the molecule is C=C[C@]1(C)[C@H]2[C@H](OC(=O)C(C)C)[C@H]3C(=C)C(=O)O[C@H]3[C@@H]1O[C@H](O)[C@@]21CO1. The highest BCUT2D eigenvalue weighted by atomic mass is 16.7. The fourth-order valence-corrected chi connectivity index (χ4v) is 4.83. The molecule has 3 heterocycles. The number of rotatable bonds is 3. The van der Waals surface area contributed by atoms with Crippen LogP contribution < -0.4 is 0 Å². The minimum absolute atomic E-state index is 0.258. The van der Waals surface area contributed by atoms with Crippen LogP contribution in [0.1, 0.15) is 20.8 Å². The van der Waals surface area contributed by atoms with Gasteiger partial charge in [-0.3, -0.25) is 4.79 Å². The van der Waals surface area contributed by atoms with Crippen LogP contribution >= 0.6 is 0 Å². The van der Waals surface area contributed by atoms with E-state index in [9.17, 15) is 14.7 Å². The molecule has 8 atom stereocenters. The van der Waals surface area contributed by atoms with Gasteiger partial charge in [0.25, 0.3) is 0 Å². The Morgan fingerprint density at radius 2 is 2.12 bits per heavy atom. The quantitative estimate of drug-likeness (QED) is 0.345. The Labute approximate surface area is 151 Å². The fourth-order valence-electron chi connectivity index (χ4n) is 4.83. The maximum absolute atomic E-state index is 12.4. The number of hydrogen-bond donors (Lipinski definition) is 1. The van der Waals surface area contributed by atoms with Gasteiger partial charge in [0, 0.05) is 16.9 Å². The van der Waals surface area contributed by atoms with Crippen LogP contribution in [0.3, 0.4) is 0 Å². The Balaban J connectivity index is 1.85. The maximum Gasteiger partial charge on any atom is 0.334 e. The Morgan fingerprint density at radius 1 is 1.46 bits per heavy atom. The molecule has 2 bridgehead atoms. The summed E-state index contributed by atoms with van der Waals surface area (Å²) in [7, 11) is 0. The molecule has 7 heteroatoms. The molecule has 0 unspecified atom stereocenters. The van der Waals surface area contributed by atoms with E-state index in [0.29, 0.717) is 0 Å². The zero-order chi connectivity index (χ0) is 19.0. The summed E-state index contributed by atoms with van der Waals surface area (Å²) in [5, 5.41) is 10.6. The summed E-state index contributed by atoms with van der Waals surface area (Å²) < 4.78 is 22.9. The molecule has 3 saturated heterocycles. The molecular weight excluding hydrogens is 340 g/mol. The van der Waals surface area contributed by atoms with Crippen molar-refractivity contribution in [2.24, 2.45) is 23.2 Å². The van der Waals surface area contributed by atoms with Gasteiger partial charge in [0.1, 0.15) is 23.9 Å². The molecule has 1 N–H and O–H groups in total. The van der Waals surface area contributed by atoms with Crippen molar-refractivity contribution in [2.45, 2.75) is 51.0 Å². The fraction of sp³-hybridized carbons (Fsp3) is 0.684. The third-order valence-corrected chi connectivity index (χ3v) is 6.39. The van der Waals surface area contributed by atoms with Crippen LogP contribution in [0.2, 0.25) is 0 Å². The lowest BCUT2D eigenvalue weighted by Gasteiger charge is -2.58. The molecule has 0 aromatic carbocycles. The topological polar surface area (TPSA) is 94.6 Å². The number of carbonyl (C=O) groups excluding carboxylic acids is 2. The van der Waals surface area contributed by atoms with Crippen LogP contribution in [0, 0.1) is 23.2 Å². The lowest BCUT2D eigenvalue weighted by molar-refractivity contribution is -0.315. The predicted molar refractivity (Wildman–Crippen MR) is 88.6 cm³/mol. The minimum Gasteiger partial charge on any atom is -0.461 e. The number of esters is 2. The smallest absolute Gasteiger partial charge is 0.334 e. The van der Waals surface area contributed by atoms with Crippen LogP contribution in [-0.4, -0.2) is 53.9 Å². The van der Waals surface area contributed by atoms with Gasteiger partial charge in [-0.15, -0.1) is 6.58 Å². The van der Waals surface area contributed by atoms with Crippen LogP contribution in [0.5, 0.6) is 0 Å². The molecule has 142 valence electrons. The second-order valence-electron chi connectivity index (χ2n) is 8.18. The maximum atomic E-state index is 12.4. The van der Waals surface area contributed by atoms with Gasteiger partial charge < -0.3 is 24.1 Å². The predicted octanol–water partition coefficient (Wildman–Crippen LogP) is 0.960. The summed E-state index contributed by atoms with van der Waals surface area (Å²) in [4.78, 5) is 24.6. The van der Waals surface area contributed by atoms with Gasteiger partial charge in [-0.25, -0.2) is 4.79 Å². The van der Waals surface area contributed by atoms with Crippen molar-refractivity contribution < 1.29 is 33.6 Å². The van der Waals surface area contributed by atoms with Crippen molar-refractivity contribution in [3.8, 4) is 0 Å². The first-order valence-electron chi connectivity index (χ1n) is 8.88. The molecule has 0 amide bonds. The van der Waals surface area contributed by atoms with Gasteiger partial charge in [-0.05, 0) is 0 Å². The van der Waals surface area contributed by atoms with Crippen molar-refractivity contribution in [1.29, 1.82) is 0 Å². The second-order valence-corrected chi connectivity index (χ2v) is 8.18. The number of aliphatic hydroxyl groups excluding tert-OH is 1. The highest BCUT2D eigenvalue weighted by Gasteiger charge is 2.77. The Hall–Kier alpha value is -1.70. The summed E-state index contributed by atoms with van der Waals surface area (Å²) in [6, 6.07) is 0. The number of fused-ring (bicyclic) bond motifs is 5. The van der Waals surface area contributed by atoms with Crippen LogP contribution in [0.15, 0.2) is 24.8 Å². The molecule has 1 aliphatic carbocycles. The molecule has 7 nitrogen and oxygen atoms in total. The molecule has 0 radical (unpaired) electrons. The lowest BCUT2D eigenvalue weighted by Crippen LogP contribution is -2.71. The van der Waals surface area contributed by atoms with Gasteiger partial charge in [0.05, 0.1) is 18.4 Å². The molecule has 3 aliphatic heterocycles.